The molecule has 0 unspecified atom stereocenters. The van der Waals surface area contributed by atoms with E-state index in [-0.39, 0.29) is 11.7 Å². The van der Waals surface area contributed by atoms with Crippen LogP contribution in [-0.2, 0) is 11.3 Å². The summed E-state index contributed by atoms with van der Waals surface area (Å²) in [6.07, 6.45) is 6.79. The quantitative estimate of drug-likeness (QED) is 0.532. The molecule has 1 aliphatic heterocycles. The number of carbonyl (C=O) groups is 1. The zero-order chi connectivity index (χ0) is 23.2. The molecular formula is C28H37FN2O2. The van der Waals surface area contributed by atoms with Gasteiger partial charge in [-0.15, -0.1) is 0 Å². The van der Waals surface area contributed by atoms with Gasteiger partial charge in [0.05, 0.1) is 7.11 Å². The van der Waals surface area contributed by atoms with Gasteiger partial charge in [0, 0.05) is 45.6 Å². The lowest BCUT2D eigenvalue weighted by atomic mass is 9.88. The molecule has 0 N–H and O–H groups in total. The molecule has 4 nitrogen and oxygen atoms in total. The van der Waals surface area contributed by atoms with Gasteiger partial charge < -0.3 is 14.5 Å². The molecular weight excluding hydrogens is 415 g/mol. The molecule has 1 saturated carbocycles. The molecule has 4 rings (SSSR count). The molecule has 2 atom stereocenters. The molecule has 1 aliphatic carbocycles. The minimum absolute atomic E-state index is 0.0681. The number of amides is 1. The third kappa shape index (κ3) is 6.35. The van der Waals surface area contributed by atoms with Crippen molar-refractivity contribution in [2.24, 2.45) is 11.8 Å². The van der Waals surface area contributed by atoms with Crippen molar-refractivity contribution in [3.63, 3.8) is 0 Å². The lowest BCUT2D eigenvalue weighted by Gasteiger charge is -2.28. The minimum Gasteiger partial charge on any atom is -0.497 e. The van der Waals surface area contributed by atoms with Gasteiger partial charge in [0.2, 0.25) is 5.91 Å². The average Bonchev–Trinajstić information content (AvgIpc) is 3.22. The summed E-state index contributed by atoms with van der Waals surface area (Å²) in [5, 5.41) is 0. The molecule has 5 heteroatoms. The van der Waals surface area contributed by atoms with Crippen LogP contribution in [0.1, 0.15) is 56.1 Å². The number of hydrogen-bond donors (Lipinski definition) is 0. The van der Waals surface area contributed by atoms with E-state index < -0.39 is 0 Å². The monoisotopic (exact) mass is 452 g/mol. The van der Waals surface area contributed by atoms with Gasteiger partial charge >= 0.3 is 0 Å². The summed E-state index contributed by atoms with van der Waals surface area (Å²) < 4.78 is 18.7. The van der Waals surface area contributed by atoms with E-state index in [9.17, 15) is 9.18 Å². The molecule has 0 aromatic heterocycles. The predicted octanol–water partition coefficient (Wildman–Crippen LogP) is 5.48. The molecule has 0 spiro atoms. The average molecular weight is 453 g/mol. The molecule has 0 radical (unpaired) electrons. The summed E-state index contributed by atoms with van der Waals surface area (Å²) in [5.74, 6) is 2.24. The van der Waals surface area contributed by atoms with Gasteiger partial charge in [-0.2, -0.15) is 0 Å². The van der Waals surface area contributed by atoms with Crippen molar-refractivity contribution in [1.29, 1.82) is 0 Å². The Morgan fingerprint density at radius 2 is 1.73 bits per heavy atom. The van der Waals surface area contributed by atoms with Crippen molar-refractivity contribution in [2.45, 2.75) is 51.5 Å². The first-order chi connectivity index (χ1) is 16.0. The smallest absolute Gasteiger partial charge is 0.219 e. The summed E-state index contributed by atoms with van der Waals surface area (Å²) in [6.45, 7) is 6.09. The topological polar surface area (TPSA) is 32.8 Å². The molecule has 1 saturated heterocycles. The molecule has 33 heavy (non-hydrogen) atoms. The van der Waals surface area contributed by atoms with Gasteiger partial charge in [0.25, 0.3) is 0 Å². The van der Waals surface area contributed by atoms with E-state index >= 15 is 0 Å². The van der Waals surface area contributed by atoms with Crippen LogP contribution in [0.25, 0.3) is 0 Å². The second-order valence-corrected chi connectivity index (χ2v) is 9.89. The summed E-state index contributed by atoms with van der Waals surface area (Å²) in [5.41, 5.74) is 2.28. The minimum atomic E-state index is -0.248. The fourth-order valence-electron chi connectivity index (χ4n) is 5.66. The first-order valence-corrected chi connectivity index (χ1v) is 12.4. The third-order valence-corrected chi connectivity index (χ3v) is 7.49. The number of benzene rings is 2. The lowest BCUT2D eigenvalue weighted by Crippen LogP contribution is -2.36. The second kappa shape index (κ2) is 11.1. The number of halogens is 1. The molecule has 2 aromatic rings. The SMILES string of the molecule is COc1ccc([C@H]2CN(CC3CCCCC3)C[C@H]2CN(Cc2ccc(F)cc2)C(C)=O)cc1. The molecule has 2 fully saturated rings. The Kier molecular flexibility index (Phi) is 8.02. The fraction of sp³-hybridized carbons (Fsp3) is 0.536. The standard InChI is InChI=1S/C28H37FN2O2/c1-21(32)31(17-23-8-12-26(29)13-9-23)19-25-18-30(16-22-6-4-3-5-7-22)20-28(25)24-10-14-27(33-2)15-11-24/h8-15,22,25,28H,3-7,16-20H2,1-2H3/t25-,28+/m0/s1. The summed E-state index contributed by atoms with van der Waals surface area (Å²) in [6, 6.07) is 14.9. The van der Waals surface area contributed by atoms with E-state index in [1.54, 1.807) is 26.2 Å². The number of nitrogens with zero attached hydrogens (tertiary/aromatic N) is 2. The van der Waals surface area contributed by atoms with Crippen molar-refractivity contribution in [2.75, 3.05) is 33.3 Å². The second-order valence-electron chi connectivity index (χ2n) is 9.89. The van der Waals surface area contributed by atoms with Crippen molar-refractivity contribution in [3.8, 4) is 5.75 Å². The number of carbonyl (C=O) groups excluding carboxylic acids is 1. The highest BCUT2D eigenvalue weighted by Gasteiger charge is 2.36. The number of methoxy groups -OCH3 is 1. The van der Waals surface area contributed by atoms with E-state index in [1.807, 2.05) is 17.0 Å². The van der Waals surface area contributed by atoms with E-state index in [2.05, 4.69) is 17.0 Å². The summed E-state index contributed by atoms with van der Waals surface area (Å²) in [7, 11) is 1.69. The van der Waals surface area contributed by atoms with Gasteiger partial charge in [-0.1, -0.05) is 43.5 Å². The van der Waals surface area contributed by atoms with Crippen LogP contribution in [0.2, 0.25) is 0 Å². The molecule has 0 bridgehead atoms. The van der Waals surface area contributed by atoms with E-state index in [0.29, 0.717) is 24.9 Å². The first kappa shape index (κ1) is 23.7. The Balaban J connectivity index is 1.50. The van der Waals surface area contributed by atoms with Crippen LogP contribution >= 0.6 is 0 Å². The first-order valence-electron chi connectivity index (χ1n) is 12.4. The van der Waals surface area contributed by atoms with Crippen molar-refractivity contribution in [1.82, 2.24) is 9.80 Å². The van der Waals surface area contributed by atoms with E-state index in [4.69, 9.17) is 4.74 Å². The van der Waals surface area contributed by atoms with Crippen LogP contribution in [0.4, 0.5) is 4.39 Å². The Labute approximate surface area is 197 Å². The van der Waals surface area contributed by atoms with Crippen molar-refractivity contribution >= 4 is 5.91 Å². The largest absolute Gasteiger partial charge is 0.497 e. The molecule has 178 valence electrons. The highest BCUT2D eigenvalue weighted by Crippen LogP contribution is 2.36. The highest BCUT2D eigenvalue weighted by molar-refractivity contribution is 5.73. The number of hydrogen-bond acceptors (Lipinski definition) is 3. The number of likely N-dealkylation sites (tertiary alicyclic amines) is 1. The van der Waals surface area contributed by atoms with Crippen LogP contribution in [-0.4, -0.2) is 49.0 Å². The normalized spacial score (nSPS) is 21.8. The Hall–Kier alpha value is -2.40. The Morgan fingerprint density at radius 3 is 2.36 bits per heavy atom. The zero-order valence-corrected chi connectivity index (χ0v) is 20.0. The van der Waals surface area contributed by atoms with Gasteiger partial charge in [-0.25, -0.2) is 4.39 Å². The zero-order valence-electron chi connectivity index (χ0n) is 20.0. The highest BCUT2D eigenvalue weighted by atomic mass is 19.1. The van der Waals surface area contributed by atoms with Crippen LogP contribution < -0.4 is 4.74 Å². The molecule has 2 aliphatic rings. The van der Waals surface area contributed by atoms with Crippen molar-refractivity contribution < 1.29 is 13.9 Å². The molecule has 1 amide bonds. The maximum Gasteiger partial charge on any atom is 0.219 e. The van der Waals surface area contributed by atoms with Crippen LogP contribution in [0, 0.1) is 17.7 Å². The van der Waals surface area contributed by atoms with Crippen LogP contribution in [0.5, 0.6) is 5.75 Å². The molecule has 2 aromatic carbocycles. The van der Waals surface area contributed by atoms with E-state index in [0.717, 1.165) is 30.3 Å². The third-order valence-electron chi connectivity index (χ3n) is 7.49. The van der Waals surface area contributed by atoms with Crippen LogP contribution in [0.15, 0.2) is 48.5 Å². The molecule has 1 heterocycles. The number of rotatable bonds is 8. The van der Waals surface area contributed by atoms with Gasteiger partial charge in [0.1, 0.15) is 11.6 Å². The fourth-order valence-corrected chi connectivity index (χ4v) is 5.66. The van der Waals surface area contributed by atoms with Gasteiger partial charge in [0.15, 0.2) is 0 Å². The lowest BCUT2D eigenvalue weighted by molar-refractivity contribution is -0.130. The number of ether oxygens (including phenoxy) is 1. The Bertz CT molecular complexity index is 893. The predicted molar refractivity (Wildman–Crippen MR) is 130 cm³/mol. The van der Waals surface area contributed by atoms with E-state index in [1.165, 1.54) is 56.3 Å². The van der Waals surface area contributed by atoms with Gasteiger partial charge in [-0.3, -0.25) is 4.79 Å². The van der Waals surface area contributed by atoms with Crippen LogP contribution in [0.3, 0.4) is 0 Å². The van der Waals surface area contributed by atoms with Gasteiger partial charge in [-0.05, 0) is 60.1 Å². The summed E-state index contributed by atoms with van der Waals surface area (Å²) >= 11 is 0. The van der Waals surface area contributed by atoms with Crippen molar-refractivity contribution in [3.05, 3.63) is 65.5 Å². The summed E-state index contributed by atoms with van der Waals surface area (Å²) in [4.78, 5) is 17.1. The maximum atomic E-state index is 13.3. The maximum absolute atomic E-state index is 13.3. The Morgan fingerprint density at radius 1 is 1.03 bits per heavy atom.